The molecule has 1 aromatic carbocycles. The third-order valence-corrected chi connectivity index (χ3v) is 7.07. The van der Waals surface area contributed by atoms with Gasteiger partial charge in [0.25, 0.3) is 0 Å². The van der Waals surface area contributed by atoms with E-state index in [1.807, 2.05) is 6.92 Å². The summed E-state index contributed by atoms with van der Waals surface area (Å²) in [5.41, 5.74) is 4.28. The zero-order chi connectivity index (χ0) is 19.3. The average Bonchev–Trinajstić information content (AvgIpc) is 3.31. The maximum atomic E-state index is 12.9. The summed E-state index contributed by atoms with van der Waals surface area (Å²) < 4.78 is 0. The molecule has 142 valence electrons. The number of fused-ring (bicyclic) bond motifs is 2. The first-order valence-corrected chi connectivity index (χ1v) is 10.3. The van der Waals surface area contributed by atoms with Crippen LogP contribution in [0.25, 0.3) is 11.3 Å². The molecule has 2 aliphatic rings. The molecule has 2 bridgehead atoms. The minimum absolute atomic E-state index is 0.145. The molecule has 2 aliphatic carbocycles. The number of amides is 1. The number of carbonyl (C=O) groups is 2. The molecule has 0 spiro atoms. The van der Waals surface area contributed by atoms with Crippen LogP contribution in [0.4, 0.5) is 5.13 Å². The Balaban J connectivity index is 1.58. The maximum absolute atomic E-state index is 12.9. The van der Waals surface area contributed by atoms with Gasteiger partial charge in [0.15, 0.2) is 5.13 Å². The highest BCUT2D eigenvalue weighted by atomic mass is 32.1. The number of aryl methyl sites for hydroxylation is 3. The summed E-state index contributed by atoms with van der Waals surface area (Å²) in [7, 11) is 0. The molecular weight excluding hydrogens is 360 g/mol. The molecule has 2 aromatic rings. The lowest BCUT2D eigenvalue weighted by atomic mass is 9.79. The van der Waals surface area contributed by atoms with Gasteiger partial charge in [0.2, 0.25) is 5.91 Å². The maximum Gasteiger partial charge on any atom is 0.307 e. The molecule has 0 aliphatic heterocycles. The highest BCUT2D eigenvalue weighted by Gasteiger charge is 2.54. The standard InChI is InChI=1S/C21H24N2O3S/c1-10-4-5-11(2)15(8-10)18-12(3)27-21(22-18)23-19(24)16-13-6-7-14(9-13)17(16)20(25)26/h4-5,8,13-14,16-17H,6-7,9H2,1-3H3,(H,25,26)(H,22,23,24)/t13-,14-,16-,17-/m0/s1. The van der Waals surface area contributed by atoms with Crippen molar-refractivity contribution in [3.05, 3.63) is 34.2 Å². The molecule has 1 amide bonds. The third-order valence-electron chi connectivity index (χ3n) is 6.18. The smallest absolute Gasteiger partial charge is 0.307 e. The van der Waals surface area contributed by atoms with Gasteiger partial charge < -0.3 is 10.4 Å². The lowest BCUT2D eigenvalue weighted by molar-refractivity contribution is -0.148. The van der Waals surface area contributed by atoms with Crippen LogP contribution in [-0.4, -0.2) is 22.0 Å². The summed E-state index contributed by atoms with van der Waals surface area (Å²) >= 11 is 1.45. The second kappa shape index (κ2) is 6.75. The van der Waals surface area contributed by atoms with Gasteiger partial charge in [0, 0.05) is 10.4 Å². The highest BCUT2D eigenvalue weighted by Crippen LogP contribution is 2.52. The molecule has 5 nitrogen and oxygen atoms in total. The first-order chi connectivity index (χ1) is 12.8. The number of anilines is 1. The molecule has 2 fully saturated rings. The van der Waals surface area contributed by atoms with Crippen molar-refractivity contribution in [2.24, 2.45) is 23.7 Å². The number of carbonyl (C=O) groups excluding carboxylic acids is 1. The van der Waals surface area contributed by atoms with Gasteiger partial charge in [-0.2, -0.15) is 0 Å². The van der Waals surface area contributed by atoms with Crippen molar-refractivity contribution in [3.8, 4) is 11.3 Å². The van der Waals surface area contributed by atoms with Crippen LogP contribution in [0, 0.1) is 44.4 Å². The highest BCUT2D eigenvalue weighted by molar-refractivity contribution is 7.16. The number of aliphatic carboxylic acids is 1. The lowest BCUT2D eigenvalue weighted by Gasteiger charge is -2.26. The Bertz CT molecular complexity index is 920. The van der Waals surface area contributed by atoms with Crippen molar-refractivity contribution in [1.29, 1.82) is 0 Å². The van der Waals surface area contributed by atoms with Crippen LogP contribution in [0.2, 0.25) is 0 Å². The predicted octanol–water partition coefficient (Wildman–Crippen LogP) is 4.42. The van der Waals surface area contributed by atoms with Crippen LogP contribution in [0.5, 0.6) is 0 Å². The first kappa shape index (κ1) is 18.2. The molecule has 4 atom stereocenters. The first-order valence-electron chi connectivity index (χ1n) is 9.44. The van der Waals surface area contributed by atoms with E-state index in [1.165, 1.54) is 16.9 Å². The number of thiazole rings is 1. The molecular formula is C21H24N2O3S. The van der Waals surface area contributed by atoms with E-state index in [9.17, 15) is 14.7 Å². The van der Waals surface area contributed by atoms with Gasteiger partial charge in [-0.1, -0.05) is 17.7 Å². The summed E-state index contributed by atoms with van der Waals surface area (Å²) in [5, 5.41) is 13.1. The summed E-state index contributed by atoms with van der Waals surface area (Å²) in [6, 6.07) is 6.26. The van der Waals surface area contributed by atoms with Crippen LogP contribution < -0.4 is 5.32 Å². The number of carboxylic acid groups (broad SMARTS) is 1. The molecule has 0 radical (unpaired) electrons. The number of hydrogen-bond acceptors (Lipinski definition) is 4. The summed E-state index contributed by atoms with van der Waals surface area (Å²) in [6.45, 7) is 6.11. The second-order valence-electron chi connectivity index (χ2n) is 7.95. The minimum atomic E-state index is -0.839. The van der Waals surface area contributed by atoms with Crippen LogP contribution >= 0.6 is 11.3 Å². The number of nitrogens with zero attached hydrogens (tertiary/aromatic N) is 1. The molecule has 1 aromatic heterocycles. The molecule has 0 unspecified atom stereocenters. The largest absolute Gasteiger partial charge is 0.481 e. The van der Waals surface area contributed by atoms with Crippen LogP contribution in [-0.2, 0) is 9.59 Å². The van der Waals surface area contributed by atoms with Gasteiger partial charge >= 0.3 is 5.97 Å². The van der Waals surface area contributed by atoms with E-state index in [1.54, 1.807) is 0 Å². The van der Waals surface area contributed by atoms with E-state index >= 15 is 0 Å². The van der Waals surface area contributed by atoms with E-state index in [4.69, 9.17) is 0 Å². The number of rotatable bonds is 4. The van der Waals surface area contributed by atoms with Gasteiger partial charge in [-0.15, -0.1) is 11.3 Å². The fourth-order valence-corrected chi connectivity index (χ4v) is 5.73. The summed E-state index contributed by atoms with van der Waals surface area (Å²) in [6.07, 6.45) is 2.75. The van der Waals surface area contributed by atoms with Crippen LogP contribution in [0.15, 0.2) is 18.2 Å². The zero-order valence-electron chi connectivity index (χ0n) is 15.8. The van der Waals surface area contributed by atoms with Crippen molar-refractivity contribution in [2.45, 2.75) is 40.0 Å². The Morgan fingerprint density at radius 2 is 1.85 bits per heavy atom. The van der Waals surface area contributed by atoms with Gasteiger partial charge in [0.1, 0.15) is 0 Å². The molecule has 6 heteroatoms. The molecule has 0 saturated heterocycles. The molecule has 4 rings (SSSR count). The minimum Gasteiger partial charge on any atom is -0.481 e. The van der Waals surface area contributed by atoms with Gasteiger partial charge in [0.05, 0.1) is 17.5 Å². The second-order valence-corrected chi connectivity index (χ2v) is 9.16. The Labute approximate surface area is 162 Å². The zero-order valence-corrected chi connectivity index (χ0v) is 16.6. The van der Waals surface area contributed by atoms with E-state index in [2.05, 4.69) is 42.3 Å². The third kappa shape index (κ3) is 3.16. The fraction of sp³-hybridized carbons (Fsp3) is 0.476. The van der Waals surface area contributed by atoms with Crippen LogP contribution in [0.1, 0.15) is 35.3 Å². The monoisotopic (exact) mass is 384 g/mol. The Morgan fingerprint density at radius 1 is 1.15 bits per heavy atom. The van der Waals surface area contributed by atoms with Crippen molar-refractivity contribution in [2.75, 3.05) is 5.32 Å². The Hall–Kier alpha value is -2.21. The van der Waals surface area contributed by atoms with E-state index in [0.717, 1.165) is 41.0 Å². The van der Waals surface area contributed by atoms with Gasteiger partial charge in [-0.05, 0) is 63.5 Å². The van der Waals surface area contributed by atoms with Gasteiger partial charge in [-0.25, -0.2) is 4.98 Å². The molecule has 2 saturated carbocycles. The van der Waals surface area contributed by atoms with Crippen molar-refractivity contribution in [1.82, 2.24) is 4.98 Å². The average molecular weight is 385 g/mol. The molecule has 2 N–H and O–H groups in total. The Morgan fingerprint density at radius 3 is 2.56 bits per heavy atom. The van der Waals surface area contributed by atoms with Crippen molar-refractivity contribution < 1.29 is 14.7 Å². The van der Waals surface area contributed by atoms with Crippen molar-refractivity contribution in [3.63, 3.8) is 0 Å². The SMILES string of the molecule is Cc1ccc(C)c(-c2nc(NC(=O)[C@H]3[C@H]4CC[C@@H](C4)[C@@H]3C(=O)O)sc2C)c1. The topological polar surface area (TPSA) is 79.3 Å². The quantitative estimate of drug-likeness (QED) is 0.818. The number of nitrogens with one attached hydrogen (secondary N) is 1. The lowest BCUT2D eigenvalue weighted by Crippen LogP contribution is -2.37. The normalized spacial score (nSPS) is 26.3. The van der Waals surface area contributed by atoms with Crippen molar-refractivity contribution >= 4 is 28.3 Å². The summed E-state index contributed by atoms with van der Waals surface area (Å²) in [5.74, 6) is -1.68. The number of carboxylic acids is 1. The van der Waals surface area contributed by atoms with E-state index in [-0.39, 0.29) is 17.7 Å². The molecule has 1 heterocycles. The molecule has 27 heavy (non-hydrogen) atoms. The fourth-order valence-electron chi connectivity index (χ4n) is 4.90. The van der Waals surface area contributed by atoms with Gasteiger partial charge in [-0.3, -0.25) is 9.59 Å². The Kier molecular flexibility index (Phi) is 4.54. The van der Waals surface area contributed by atoms with E-state index < -0.39 is 17.8 Å². The number of benzene rings is 1. The van der Waals surface area contributed by atoms with E-state index in [0.29, 0.717) is 5.13 Å². The number of aromatic nitrogens is 1. The summed E-state index contributed by atoms with van der Waals surface area (Å²) in [4.78, 5) is 30.3. The predicted molar refractivity (Wildman–Crippen MR) is 106 cm³/mol. The number of hydrogen-bond donors (Lipinski definition) is 2. The van der Waals surface area contributed by atoms with Crippen LogP contribution in [0.3, 0.4) is 0 Å².